The Morgan fingerprint density at radius 1 is 1.55 bits per heavy atom. The summed E-state index contributed by atoms with van der Waals surface area (Å²) in [6.07, 6.45) is -4.15. The lowest BCUT2D eigenvalue weighted by Crippen LogP contribution is -2.40. The van der Waals surface area contributed by atoms with Crippen molar-refractivity contribution in [3.05, 3.63) is 12.3 Å². The lowest BCUT2D eigenvalue weighted by atomic mass is 10.2. The van der Waals surface area contributed by atoms with Crippen LogP contribution in [0.4, 0.5) is 13.2 Å². The Morgan fingerprint density at radius 3 is 2.09 bits per heavy atom. The second-order valence-corrected chi connectivity index (χ2v) is 2.43. The van der Waals surface area contributed by atoms with E-state index in [1.165, 1.54) is 13.8 Å². The fraction of sp³-hybridized carbons (Fsp3) is 0.714. The highest BCUT2D eigenvalue weighted by atomic mass is 19.4. The molecule has 66 valence electrons. The van der Waals surface area contributed by atoms with Gasteiger partial charge in [0.05, 0.1) is 0 Å². The van der Waals surface area contributed by atoms with Crippen LogP contribution in [0.5, 0.6) is 0 Å². The van der Waals surface area contributed by atoms with E-state index in [9.17, 15) is 13.2 Å². The molecule has 0 heterocycles. The molecule has 0 aliphatic rings. The van der Waals surface area contributed by atoms with Crippen LogP contribution in [-0.2, 0) is 0 Å². The summed E-state index contributed by atoms with van der Waals surface area (Å²) in [5.74, 6) is 0. The lowest BCUT2D eigenvalue weighted by Gasteiger charge is -2.20. The zero-order chi connectivity index (χ0) is 9.07. The van der Waals surface area contributed by atoms with Gasteiger partial charge in [-0.05, 0) is 13.3 Å². The van der Waals surface area contributed by atoms with E-state index in [-0.39, 0.29) is 6.42 Å². The van der Waals surface area contributed by atoms with Crippen molar-refractivity contribution in [3.63, 3.8) is 0 Å². The summed E-state index contributed by atoms with van der Waals surface area (Å²) in [7, 11) is 0. The van der Waals surface area contributed by atoms with Crippen LogP contribution in [0.1, 0.15) is 20.3 Å². The van der Waals surface area contributed by atoms with E-state index in [1.807, 2.05) is 0 Å². The van der Waals surface area contributed by atoms with Crippen molar-refractivity contribution in [3.8, 4) is 0 Å². The van der Waals surface area contributed by atoms with Gasteiger partial charge in [-0.2, -0.15) is 13.2 Å². The van der Waals surface area contributed by atoms with Gasteiger partial charge in [-0.15, -0.1) is 0 Å². The van der Waals surface area contributed by atoms with Crippen molar-refractivity contribution < 1.29 is 13.2 Å². The first-order valence-electron chi connectivity index (χ1n) is 3.36. The molecule has 4 heteroatoms. The number of allylic oxidation sites excluding steroid dienone is 1. The topological polar surface area (TPSA) is 12.0 Å². The van der Waals surface area contributed by atoms with Crippen LogP contribution in [0.25, 0.3) is 0 Å². The van der Waals surface area contributed by atoms with E-state index in [4.69, 9.17) is 0 Å². The Labute approximate surface area is 64.3 Å². The third-order valence-electron chi connectivity index (χ3n) is 1.22. The summed E-state index contributed by atoms with van der Waals surface area (Å²) in [6.45, 7) is 6.33. The summed E-state index contributed by atoms with van der Waals surface area (Å²) >= 11 is 0. The third kappa shape index (κ3) is 3.91. The zero-order valence-electron chi connectivity index (χ0n) is 6.63. The minimum absolute atomic E-state index is 0.0242. The zero-order valence-corrected chi connectivity index (χ0v) is 6.63. The average Bonchev–Trinajstić information content (AvgIpc) is 1.79. The highest BCUT2D eigenvalue weighted by Gasteiger charge is 2.37. The molecule has 0 spiro atoms. The van der Waals surface area contributed by atoms with Gasteiger partial charge < -0.3 is 5.32 Å². The Bertz CT molecular complexity index is 139. The summed E-state index contributed by atoms with van der Waals surface area (Å²) in [5.41, 5.74) is 0.342. The van der Waals surface area contributed by atoms with Gasteiger partial charge >= 0.3 is 6.18 Å². The van der Waals surface area contributed by atoms with Crippen molar-refractivity contribution in [1.82, 2.24) is 5.32 Å². The predicted octanol–water partition coefficient (Wildman–Crippen LogP) is 2.45. The van der Waals surface area contributed by atoms with Gasteiger partial charge in [0.2, 0.25) is 0 Å². The number of rotatable bonds is 3. The maximum atomic E-state index is 12.0. The normalized spacial score (nSPS) is 14.3. The minimum Gasteiger partial charge on any atom is -0.378 e. The first-order valence-corrected chi connectivity index (χ1v) is 3.36. The molecule has 1 unspecified atom stereocenters. The van der Waals surface area contributed by atoms with Gasteiger partial charge in [0.15, 0.2) is 0 Å². The highest BCUT2D eigenvalue weighted by Crippen LogP contribution is 2.22. The number of hydrogen-bond donors (Lipinski definition) is 1. The maximum absolute atomic E-state index is 12.0. The van der Waals surface area contributed by atoms with Gasteiger partial charge in [0, 0.05) is 5.70 Å². The number of alkyl halides is 3. The molecule has 0 aromatic rings. The summed E-state index contributed by atoms with van der Waals surface area (Å²) in [5, 5.41) is 2.25. The molecule has 0 aromatic heterocycles. The molecule has 0 saturated heterocycles. The maximum Gasteiger partial charge on any atom is 0.408 e. The fourth-order valence-corrected chi connectivity index (χ4v) is 0.713. The Balaban J connectivity index is 4.07. The van der Waals surface area contributed by atoms with Crippen molar-refractivity contribution in [2.75, 3.05) is 0 Å². The fourth-order valence-electron chi connectivity index (χ4n) is 0.713. The minimum atomic E-state index is -4.17. The molecule has 0 bridgehead atoms. The van der Waals surface area contributed by atoms with Crippen molar-refractivity contribution >= 4 is 0 Å². The first-order chi connectivity index (χ1) is 4.88. The van der Waals surface area contributed by atoms with Gasteiger partial charge in [0.1, 0.15) is 6.04 Å². The Morgan fingerprint density at radius 2 is 2.00 bits per heavy atom. The van der Waals surface area contributed by atoms with Crippen LogP contribution < -0.4 is 5.32 Å². The van der Waals surface area contributed by atoms with Gasteiger partial charge in [-0.1, -0.05) is 13.5 Å². The van der Waals surface area contributed by atoms with E-state index < -0.39 is 12.2 Å². The van der Waals surface area contributed by atoms with Crippen LogP contribution in [0, 0.1) is 0 Å². The molecule has 0 rings (SSSR count). The summed E-state index contributed by atoms with van der Waals surface area (Å²) < 4.78 is 35.9. The van der Waals surface area contributed by atoms with Crippen LogP contribution in [0.3, 0.4) is 0 Å². The summed E-state index contributed by atoms with van der Waals surface area (Å²) in [4.78, 5) is 0. The lowest BCUT2D eigenvalue weighted by molar-refractivity contribution is -0.154. The predicted molar refractivity (Wildman–Crippen MR) is 38.1 cm³/mol. The SMILES string of the molecule is C=C(C)NC(CC)C(F)(F)F. The number of hydrogen-bond acceptors (Lipinski definition) is 1. The molecule has 0 aromatic carbocycles. The molecule has 0 aliphatic carbocycles. The molecule has 0 radical (unpaired) electrons. The van der Waals surface area contributed by atoms with Gasteiger partial charge in [0.25, 0.3) is 0 Å². The van der Waals surface area contributed by atoms with E-state index >= 15 is 0 Å². The average molecular weight is 167 g/mol. The molecule has 0 saturated carbocycles. The number of halogens is 3. The largest absolute Gasteiger partial charge is 0.408 e. The van der Waals surface area contributed by atoms with E-state index in [2.05, 4.69) is 11.9 Å². The van der Waals surface area contributed by atoms with Gasteiger partial charge in [-0.3, -0.25) is 0 Å². The highest BCUT2D eigenvalue weighted by molar-refractivity contribution is 4.90. The molecular formula is C7H12F3N. The van der Waals surface area contributed by atoms with Gasteiger partial charge in [-0.25, -0.2) is 0 Å². The van der Waals surface area contributed by atoms with E-state index in [0.717, 1.165) is 0 Å². The molecule has 11 heavy (non-hydrogen) atoms. The molecule has 1 atom stereocenters. The third-order valence-corrected chi connectivity index (χ3v) is 1.22. The first kappa shape index (κ1) is 10.3. The molecule has 0 aliphatic heterocycles. The molecule has 0 fully saturated rings. The quantitative estimate of drug-likeness (QED) is 0.680. The van der Waals surface area contributed by atoms with Crippen molar-refractivity contribution in [2.45, 2.75) is 32.5 Å². The van der Waals surface area contributed by atoms with E-state index in [0.29, 0.717) is 5.70 Å². The number of nitrogens with one attached hydrogen (secondary N) is 1. The second-order valence-electron chi connectivity index (χ2n) is 2.43. The van der Waals surface area contributed by atoms with Crippen molar-refractivity contribution in [1.29, 1.82) is 0 Å². The van der Waals surface area contributed by atoms with Crippen LogP contribution >= 0.6 is 0 Å². The summed E-state index contributed by atoms with van der Waals surface area (Å²) in [6, 6.07) is -1.46. The molecule has 0 amide bonds. The molecule has 1 nitrogen and oxygen atoms in total. The second kappa shape index (κ2) is 3.64. The van der Waals surface area contributed by atoms with Crippen LogP contribution in [0.15, 0.2) is 12.3 Å². The monoisotopic (exact) mass is 167 g/mol. The standard InChI is InChI=1S/C7H12F3N/c1-4-6(7(8,9)10)11-5(2)3/h6,11H,2,4H2,1,3H3. The van der Waals surface area contributed by atoms with Crippen LogP contribution in [-0.4, -0.2) is 12.2 Å². The Kier molecular flexibility index (Phi) is 3.42. The molecular weight excluding hydrogens is 155 g/mol. The van der Waals surface area contributed by atoms with Crippen molar-refractivity contribution in [2.24, 2.45) is 0 Å². The Hall–Kier alpha value is -0.670. The molecule has 1 N–H and O–H groups in total. The van der Waals surface area contributed by atoms with Crippen LogP contribution in [0.2, 0.25) is 0 Å². The van der Waals surface area contributed by atoms with E-state index in [1.54, 1.807) is 0 Å². The smallest absolute Gasteiger partial charge is 0.378 e.